The Bertz CT molecular complexity index is 645. The Kier molecular flexibility index (Phi) is 4.08. The Balaban J connectivity index is 2.49. The van der Waals surface area contributed by atoms with Gasteiger partial charge >= 0.3 is 0 Å². The van der Waals surface area contributed by atoms with Crippen molar-refractivity contribution in [1.82, 2.24) is 0 Å². The first-order valence-corrected chi connectivity index (χ1v) is 6.40. The van der Waals surface area contributed by atoms with Gasteiger partial charge in [0, 0.05) is 11.1 Å². The first kappa shape index (κ1) is 14.1. The van der Waals surface area contributed by atoms with E-state index in [1.807, 2.05) is 44.2 Å². The molecule has 2 aromatic carbocycles. The predicted octanol–water partition coefficient (Wildman–Crippen LogP) is 3.55. The van der Waals surface area contributed by atoms with Crippen LogP contribution in [0.15, 0.2) is 36.4 Å². The van der Waals surface area contributed by atoms with Crippen LogP contribution in [0.3, 0.4) is 0 Å². The monoisotopic (exact) mass is 270 g/mol. The molecule has 3 heteroatoms. The smallest absolute Gasteiger partial charge is 0.193 e. The number of hydrogen-bond acceptors (Lipinski definition) is 3. The van der Waals surface area contributed by atoms with E-state index in [2.05, 4.69) is 0 Å². The van der Waals surface area contributed by atoms with Crippen LogP contribution in [-0.4, -0.2) is 20.0 Å². The number of carbonyl (C=O) groups is 1. The second-order valence-electron chi connectivity index (χ2n) is 4.72. The van der Waals surface area contributed by atoms with Crippen LogP contribution in [-0.2, 0) is 0 Å². The van der Waals surface area contributed by atoms with Gasteiger partial charge in [0.25, 0.3) is 0 Å². The normalized spacial score (nSPS) is 10.2. The molecular formula is C17H18O3. The highest BCUT2D eigenvalue weighted by atomic mass is 16.5. The molecule has 0 aliphatic carbocycles. The van der Waals surface area contributed by atoms with Gasteiger partial charge in [-0.2, -0.15) is 0 Å². The third-order valence-corrected chi connectivity index (χ3v) is 3.26. The zero-order valence-electron chi connectivity index (χ0n) is 12.2. The molecule has 0 saturated heterocycles. The standard InChI is InChI=1S/C17H18O3/c1-11-6-5-7-13(8-11)17(18)14-10-16(20-4)15(19-3)9-12(14)2/h5-10H,1-4H3. The molecular weight excluding hydrogens is 252 g/mol. The first-order chi connectivity index (χ1) is 9.56. The third-order valence-electron chi connectivity index (χ3n) is 3.26. The van der Waals surface area contributed by atoms with Gasteiger partial charge in [-0.3, -0.25) is 4.79 Å². The maximum Gasteiger partial charge on any atom is 0.193 e. The summed E-state index contributed by atoms with van der Waals surface area (Å²) in [5.41, 5.74) is 3.25. The van der Waals surface area contributed by atoms with Crippen molar-refractivity contribution in [3.8, 4) is 11.5 Å². The van der Waals surface area contributed by atoms with Gasteiger partial charge in [-0.25, -0.2) is 0 Å². The number of ketones is 1. The maximum absolute atomic E-state index is 12.6. The van der Waals surface area contributed by atoms with Crippen molar-refractivity contribution in [2.24, 2.45) is 0 Å². The van der Waals surface area contributed by atoms with E-state index >= 15 is 0 Å². The number of methoxy groups -OCH3 is 2. The Labute approximate surface area is 119 Å². The first-order valence-electron chi connectivity index (χ1n) is 6.40. The largest absolute Gasteiger partial charge is 0.493 e. The summed E-state index contributed by atoms with van der Waals surface area (Å²) in [5, 5.41) is 0. The summed E-state index contributed by atoms with van der Waals surface area (Å²) in [7, 11) is 3.15. The van der Waals surface area contributed by atoms with Crippen LogP contribution in [0, 0.1) is 13.8 Å². The lowest BCUT2D eigenvalue weighted by Gasteiger charge is -2.12. The second kappa shape index (κ2) is 5.78. The zero-order chi connectivity index (χ0) is 14.7. The molecule has 0 fully saturated rings. The molecule has 2 aromatic rings. The summed E-state index contributed by atoms with van der Waals surface area (Å²) in [6, 6.07) is 11.1. The molecule has 0 radical (unpaired) electrons. The van der Waals surface area contributed by atoms with Crippen molar-refractivity contribution < 1.29 is 14.3 Å². The van der Waals surface area contributed by atoms with Crippen molar-refractivity contribution in [2.45, 2.75) is 13.8 Å². The topological polar surface area (TPSA) is 35.5 Å². The van der Waals surface area contributed by atoms with Crippen molar-refractivity contribution in [3.05, 3.63) is 58.7 Å². The predicted molar refractivity (Wildman–Crippen MR) is 78.9 cm³/mol. The molecule has 0 amide bonds. The summed E-state index contributed by atoms with van der Waals surface area (Å²) < 4.78 is 10.5. The van der Waals surface area contributed by atoms with E-state index in [4.69, 9.17) is 9.47 Å². The molecule has 0 unspecified atom stereocenters. The Morgan fingerprint density at radius 3 is 2.20 bits per heavy atom. The maximum atomic E-state index is 12.6. The number of benzene rings is 2. The highest BCUT2D eigenvalue weighted by Crippen LogP contribution is 2.31. The van der Waals surface area contributed by atoms with E-state index in [0.717, 1.165) is 11.1 Å². The van der Waals surface area contributed by atoms with Crippen molar-refractivity contribution in [2.75, 3.05) is 14.2 Å². The van der Waals surface area contributed by atoms with Crippen molar-refractivity contribution >= 4 is 5.78 Å². The molecule has 3 nitrogen and oxygen atoms in total. The summed E-state index contributed by atoms with van der Waals surface area (Å²) in [4.78, 5) is 12.6. The lowest BCUT2D eigenvalue weighted by molar-refractivity contribution is 0.103. The molecule has 0 atom stereocenters. The number of rotatable bonds is 4. The summed E-state index contributed by atoms with van der Waals surface area (Å²) in [6.07, 6.45) is 0. The lowest BCUT2D eigenvalue weighted by Crippen LogP contribution is -2.05. The van der Waals surface area contributed by atoms with E-state index in [-0.39, 0.29) is 5.78 Å². The zero-order valence-corrected chi connectivity index (χ0v) is 12.2. The molecule has 0 aliphatic heterocycles. The van der Waals surface area contributed by atoms with Crippen LogP contribution >= 0.6 is 0 Å². The van der Waals surface area contributed by atoms with E-state index in [1.54, 1.807) is 20.3 Å². The quantitative estimate of drug-likeness (QED) is 0.797. The molecule has 0 N–H and O–H groups in total. The lowest BCUT2D eigenvalue weighted by atomic mass is 9.97. The van der Waals surface area contributed by atoms with Crippen LogP contribution in [0.4, 0.5) is 0 Å². The minimum atomic E-state index is -0.00727. The van der Waals surface area contributed by atoms with Crippen LogP contribution in [0.25, 0.3) is 0 Å². The molecule has 20 heavy (non-hydrogen) atoms. The van der Waals surface area contributed by atoms with E-state index in [9.17, 15) is 4.79 Å². The number of ether oxygens (including phenoxy) is 2. The third kappa shape index (κ3) is 2.67. The SMILES string of the molecule is COc1cc(C)c(C(=O)c2cccc(C)c2)cc1OC. The van der Waals surface area contributed by atoms with E-state index in [0.29, 0.717) is 22.6 Å². The van der Waals surface area contributed by atoms with Crippen LogP contribution in [0.1, 0.15) is 27.0 Å². The molecule has 0 spiro atoms. The summed E-state index contributed by atoms with van der Waals surface area (Å²) in [5.74, 6) is 1.19. The molecule has 104 valence electrons. The van der Waals surface area contributed by atoms with Crippen LogP contribution in [0.5, 0.6) is 11.5 Å². The van der Waals surface area contributed by atoms with E-state index < -0.39 is 0 Å². The highest BCUT2D eigenvalue weighted by Gasteiger charge is 2.16. The number of aryl methyl sites for hydroxylation is 2. The molecule has 0 aromatic heterocycles. The molecule has 2 rings (SSSR count). The molecule has 0 saturated carbocycles. The summed E-state index contributed by atoms with van der Waals surface area (Å²) in [6.45, 7) is 3.86. The van der Waals surface area contributed by atoms with Gasteiger partial charge < -0.3 is 9.47 Å². The fourth-order valence-electron chi connectivity index (χ4n) is 2.17. The minimum absolute atomic E-state index is 0.00727. The fraction of sp³-hybridized carbons (Fsp3) is 0.235. The molecule has 0 heterocycles. The Morgan fingerprint density at radius 2 is 1.60 bits per heavy atom. The van der Waals surface area contributed by atoms with Gasteiger partial charge in [-0.1, -0.05) is 23.8 Å². The summed E-state index contributed by atoms with van der Waals surface area (Å²) >= 11 is 0. The van der Waals surface area contributed by atoms with Gasteiger partial charge in [0.2, 0.25) is 0 Å². The van der Waals surface area contributed by atoms with Crippen molar-refractivity contribution in [3.63, 3.8) is 0 Å². The molecule has 0 bridgehead atoms. The second-order valence-corrected chi connectivity index (χ2v) is 4.72. The van der Waals surface area contributed by atoms with Crippen molar-refractivity contribution in [1.29, 1.82) is 0 Å². The number of carbonyl (C=O) groups excluding carboxylic acids is 1. The Hall–Kier alpha value is -2.29. The van der Waals surface area contributed by atoms with Gasteiger partial charge in [-0.15, -0.1) is 0 Å². The van der Waals surface area contributed by atoms with Gasteiger partial charge in [-0.05, 0) is 37.6 Å². The average Bonchev–Trinajstić information content (AvgIpc) is 2.46. The van der Waals surface area contributed by atoms with Gasteiger partial charge in [0.1, 0.15) is 0 Å². The highest BCUT2D eigenvalue weighted by molar-refractivity contribution is 6.10. The van der Waals surface area contributed by atoms with Gasteiger partial charge in [0.05, 0.1) is 14.2 Å². The van der Waals surface area contributed by atoms with Crippen LogP contribution < -0.4 is 9.47 Å². The van der Waals surface area contributed by atoms with Crippen LogP contribution in [0.2, 0.25) is 0 Å². The van der Waals surface area contributed by atoms with Gasteiger partial charge in [0.15, 0.2) is 17.3 Å². The average molecular weight is 270 g/mol. The molecule has 0 aliphatic rings. The number of hydrogen-bond donors (Lipinski definition) is 0. The van der Waals surface area contributed by atoms with E-state index in [1.165, 1.54) is 0 Å². The Morgan fingerprint density at radius 1 is 0.950 bits per heavy atom. The fourth-order valence-corrected chi connectivity index (χ4v) is 2.17. The minimum Gasteiger partial charge on any atom is -0.493 e.